The Balaban J connectivity index is 0.000000273. The summed E-state index contributed by atoms with van der Waals surface area (Å²) in [5.74, 6) is -0.277. The number of hydrogen-bond donors (Lipinski definition) is 0. The zero-order chi connectivity index (χ0) is 41.4. The second-order valence-corrected chi connectivity index (χ2v) is 15.4. The molecule has 0 aliphatic carbocycles. The van der Waals surface area contributed by atoms with Crippen LogP contribution >= 0.6 is 0 Å². The molecule has 281 valence electrons. The van der Waals surface area contributed by atoms with Gasteiger partial charge in [0.05, 0.1) is 17.2 Å². The van der Waals surface area contributed by atoms with Crippen molar-refractivity contribution < 1.29 is 33.0 Å². The molecule has 0 spiro atoms. The van der Waals surface area contributed by atoms with Gasteiger partial charge < -0.3 is 9.40 Å². The van der Waals surface area contributed by atoms with E-state index >= 15 is 0 Å². The van der Waals surface area contributed by atoms with Gasteiger partial charge in [0.2, 0.25) is 0 Å². The fourth-order valence-corrected chi connectivity index (χ4v) is 6.43. The minimum absolute atomic E-state index is 0. The van der Waals surface area contributed by atoms with Crippen molar-refractivity contribution in [1.82, 2.24) is 15.0 Å². The first kappa shape index (κ1) is 35.9. The molecular weight excluding hydrogens is 872 g/mol. The summed E-state index contributed by atoms with van der Waals surface area (Å²) in [5, 5.41) is 11.2. The van der Waals surface area contributed by atoms with Crippen LogP contribution in [0.15, 0.2) is 126 Å². The van der Waals surface area contributed by atoms with Crippen molar-refractivity contribution in [3.05, 3.63) is 162 Å². The van der Waals surface area contributed by atoms with Crippen molar-refractivity contribution in [2.24, 2.45) is 0 Å². The minimum Gasteiger partial charge on any atom is -0.500 e. The Morgan fingerprint density at radius 3 is 2.12 bits per heavy atom. The molecule has 0 fully saturated rings. The molecule has 1 radical (unpaired) electrons. The second kappa shape index (κ2) is 16.1. The average Bonchev–Trinajstić information content (AvgIpc) is 3.60. The number of halogens is 1. The quantitative estimate of drug-likeness (QED) is 0.164. The number of aromatic nitrogens is 3. The molecule has 3 heterocycles. The van der Waals surface area contributed by atoms with Crippen molar-refractivity contribution in [2.75, 3.05) is 0 Å². The number of fused-ring (bicyclic) bond motifs is 3. The van der Waals surface area contributed by atoms with E-state index in [9.17, 15) is 9.65 Å². The van der Waals surface area contributed by atoms with E-state index in [4.69, 9.17) is 8.53 Å². The standard InChI is InChI=1S/C34H26N3O.C15H15FN.Ir/c1-21-10-16-26(28-18-29(34(2,3)4)37-20-36-28)32-30(21)27-17-15-25(19-35)31(33(27)38-32)24-13-11-23(12-14-24)22-8-6-5-7-9-22;1-15(2,3)12-8-9-17-14(10-12)11-4-6-13(16)7-5-11;/h5-15,17-18,20H,1-4H3;4,6-10H,1-3H3;/q2*-1;/i1D3;;. The van der Waals surface area contributed by atoms with Crippen LogP contribution in [0.25, 0.3) is 66.7 Å². The number of benzene rings is 5. The molecule has 8 rings (SSSR count). The van der Waals surface area contributed by atoms with Crippen LogP contribution in [-0.2, 0) is 30.9 Å². The summed E-state index contributed by atoms with van der Waals surface area (Å²) in [7, 11) is 0. The molecule has 5 nitrogen and oxygen atoms in total. The fraction of sp³-hybridized carbons (Fsp3) is 0.184. The third-order valence-electron chi connectivity index (χ3n) is 9.48. The van der Waals surface area contributed by atoms with Gasteiger partial charge in [-0.2, -0.15) is 5.26 Å². The maximum atomic E-state index is 12.8. The van der Waals surface area contributed by atoms with Crippen LogP contribution in [0.4, 0.5) is 4.39 Å². The summed E-state index contributed by atoms with van der Waals surface area (Å²) in [6.07, 6.45) is 3.29. The van der Waals surface area contributed by atoms with Crippen LogP contribution in [0.2, 0.25) is 0 Å². The SMILES string of the molecule is CC(C)(C)c1ccnc(-c2[c-]cc(F)cc2)c1.[2H]C([2H])([2H])c1c[c-]c(-c2cc(C(C)(C)C)ncn2)c2oc3c(-c4ccc(-c5ccccc5)cc4)c(C#N)ccc3c12.[Ir]. The monoisotopic (exact) mass is 916 g/mol. The van der Waals surface area contributed by atoms with Gasteiger partial charge in [0.25, 0.3) is 0 Å². The Morgan fingerprint density at radius 2 is 1.46 bits per heavy atom. The smallest absolute Gasteiger partial charge is 0.130 e. The number of furan rings is 1. The third-order valence-corrected chi connectivity index (χ3v) is 9.48. The Kier molecular flexibility index (Phi) is 10.3. The summed E-state index contributed by atoms with van der Waals surface area (Å²) in [6, 6.07) is 41.7. The van der Waals surface area contributed by atoms with Gasteiger partial charge in [0, 0.05) is 58.3 Å². The van der Waals surface area contributed by atoms with Gasteiger partial charge in [-0.3, -0.25) is 9.37 Å². The Labute approximate surface area is 345 Å². The fourth-order valence-electron chi connectivity index (χ4n) is 6.43. The van der Waals surface area contributed by atoms with Crippen molar-refractivity contribution in [3.8, 4) is 50.8 Å². The topological polar surface area (TPSA) is 75.6 Å². The summed E-state index contributed by atoms with van der Waals surface area (Å²) >= 11 is 0. The molecule has 0 saturated heterocycles. The van der Waals surface area contributed by atoms with Gasteiger partial charge >= 0.3 is 0 Å². The van der Waals surface area contributed by atoms with Gasteiger partial charge in [-0.05, 0) is 51.2 Å². The van der Waals surface area contributed by atoms with Crippen LogP contribution in [-0.4, -0.2) is 15.0 Å². The molecule has 0 atom stereocenters. The Hall–Kier alpha value is -5.80. The maximum Gasteiger partial charge on any atom is 0.130 e. The first-order chi connectivity index (χ1) is 27.5. The minimum atomic E-state index is -2.41. The summed E-state index contributed by atoms with van der Waals surface area (Å²) in [6.45, 7) is 10.3. The van der Waals surface area contributed by atoms with Crippen LogP contribution in [0.1, 0.15) is 68.0 Å². The van der Waals surface area contributed by atoms with Crippen LogP contribution in [0.3, 0.4) is 0 Å². The number of nitrogens with zero attached hydrogens (tertiary/aromatic N) is 4. The molecule has 0 aliphatic rings. The van der Waals surface area contributed by atoms with Gasteiger partial charge in [-0.25, -0.2) is 4.98 Å². The summed E-state index contributed by atoms with van der Waals surface area (Å²) in [5.41, 5.74) is 9.60. The molecule has 7 heteroatoms. The van der Waals surface area contributed by atoms with Gasteiger partial charge in [0.1, 0.15) is 11.9 Å². The first-order valence-electron chi connectivity index (χ1n) is 19.5. The number of aryl methyl sites for hydroxylation is 1. The predicted octanol–water partition coefficient (Wildman–Crippen LogP) is 12.6. The summed E-state index contributed by atoms with van der Waals surface area (Å²) < 4.78 is 44.1. The van der Waals surface area contributed by atoms with E-state index in [0.717, 1.165) is 33.6 Å². The molecule has 0 saturated carbocycles. The maximum absolute atomic E-state index is 12.8. The van der Waals surface area contributed by atoms with E-state index in [1.165, 1.54) is 30.1 Å². The summed E-state index contributed by atoms with van der Waals surface area (Å²) in [4.78, 5) is 13.2. The zero-order valence-electron chi connectivity index (χ0n) is 35.0. The molecule has 56 heavy (non-hydrogen) atoms. The molecule has 0 bridgehead atoms. The second-order valence-electron chi connectivity index (χ2n) is 15.4. The molecule has 0 unspecified atom stereocenters. The average molecular weight is 916 g/mol. The largest absolute Gasteiger partial charge is 0.500 e. The molecule has 8 aromatic rings. The van der Waals surface area contributed by atoms with Gasteiger partial charge in [0.15, 0.2) is 0 Å². The molecular formula is C49H41FIrN4O-2. The van der Waals surface area contributed by atoms with Gasteiger partial charge in [-0.15, -0.1) is 47.5 Å². The van der Waals surface area contributed by atoms with E-state index in [1.54, 1.807) is 24.4 Å². The van der Waals surface area contributed by atoms with E-state index in [2.05, 4.69) is 74.7 Å². The Bertz CT molecular complexity index is 2800. The van der Waals surface area contributed by atoms with Crippen LogP contribution in [0.5, 0.6) is 0 Å². The molecule has 0 amide bonds. The molecule has 0 aliphatic heterocycles. The molecule has 3 aromatic heterocycles. The normalized spacial score (nSPS) is 12.4. The van der Waals surface area contributed by atoms with Crippen molar-refractivity contribution >= 4 is 21.9 Å². The number of nitriles is 1. The van der Waals surface area contributed by atoms with E-state index in [0.29, 0.717) is 44.3 Å². The number of rotatable bonds is 4. The van der Waals surface area contributed by atoms with Gasteiger partial charge in [-0.1, -0.05) is 132 Å². The number of hydrogen-bond acceptors (Lipinski definition) is 5. The molecule has 0 N–H and O–H groups in total. The van der Waals surface area contributed by atoms with Crippen molar-refractivity contribution in [3.63, 3.8) is 0 Å². The van der Waals surface area contributed by atoms with E-state index < -0.39 is 6.85 Å². The third kappa shape index (κ3) is 8.23. The molecule has 5 aromatic carbocycles. The Morgan fingerprint density at radius 1 is 0.732 bits per heavy atom. The van der Waals surface area contributed by atoms with E-state index in [-0.39, 0.29) is 42.3 Å². The first-order valence-corrected chi connectivity index (χ1v) is 18.0. The zero-order valence-corrected chi connectivity index (χ0v) is 34.4. The predicted molar refractivity (Wildman–Crippen MR) is 220 cm³/mol. The number of pyridine rings is 1. The van der Waals surface area contributed by atoms with Crippen LogP contribution in [0, 0.1) is 36.1 Å². The van der Waals surface area contributed by atoms with Crippen LogP contribution < -0.4 is 0 Å². The van der Waals surface area contributed by atoms with E-state index in [1.807, 2.05) is 72.8 Å². The van der Waals surface area contributed by atoms with Crippen molar-refractivity contribution in [2.45, 2.75) is 59.2 Å². The van der Waals surface area contributed by atoms with Crippen molar-refractivity contribution in [1.29, 1.82) is 5.26 Å².